The summed E-state index contributed by atoms with van der Waals surface area (Å²) in [7, 11) is -3.91. The van der Waals surface area contributed by atoms with Crippen LogP contribution in [0.3, 0.4) is 0 Å². The lowest BCUT2D eigenvalue weighted by molar-refractivity contribution is 0.384. The number of hydrogen-bond acceptors (Lipinski definition) is 4. The van der Waals surface area contributed by atoms with Crippen molar-refractivity contribution in [2.24, 2.45) is 5.73 Å². The number of nitrogens with zero attached hydrogens (tertiary/aromatic N) is 1. The molecule has 2 rings (SSSR count). The maximum Gasteiger partial charge on any atom is 0.246 e. The van der Waals surface area contributed by atoms with Crippen molar-refractivity contribution in [3.8, 4) is 0 Å². The molecule has 0 aromatic heterocycles. The lowest BCUT2D eigenvalue weighted by atomic mass is 10.2. The molecule has 1 aromatic rings. The highest BCUT2D eigenvalue weighted by molar-refractivity contribution is 8.00. The normalized spacial score (nSPS) is 19.7. The Morgan fingerprint density at radius 1 is 1.48 bits per heavy atom. The van der Waals surface area contributed by atoms with Crippen LogP contribution in [0.2, 0.25) is 5.02 Å². The third-order valence-electron chi connectivity index (χ3n) is 3.31. The molecule has 1 aliphatic rings. The van der Waals surface area contributed by atoms with Crippen molar-refractivity contribution >= 4 is 33.4 Å². The van der Waals surface area contributed by atoms with E-state index in [1.165, 1.54) is 10.4 Å². The van der Waals surface area contributed by atoms with Crippen LogP contribution in [0.15, 0.2) is 17.0 Å². The Labute approximate surface area is 133 Å². The zero-order valence-electron chi connectivity index (χ0n) is 11.9. The lowest BCUT2D eigenvalue weighted by Gasteiger charge is -2.36. The monoisotopic (exact) mass is 352 g/mol. The molecule has 0 radical (unpaired) electrons. The van der Waals surface area contributed by atoms with E-state index in [0.29, 0.717) is 18.8 Å². The second-order valence-electron chi connectivity index (χ2n) is 5.53. The van der Waals surface area contributed by atoms with E-state index in [0.717, 1.165) is 6.07 Å². The third-order valence-corrected chi connectivity index (χ3v) is 6.67. The molecule has 0 atom stereocenters. The van der Waals surface area contributed by atoms with E-state index in [4.69, 9.17) is 17.3 Å². The molecule has 1 heterocycles. The maximum atomic E-state index is 14.3. The first-order valence-corrected chi connectivity index (χ1v) is 9.30. The average Bonchev–Trinajstić information content (AvgIpc) is 2.39. The lowest BCUT2D eigenvalue weighted by Crippen LogP contribution is -2.46. The van der Waals surface area contributed by atoms with Gasteiger partial charge in [0.25, 0.3) is 0 Å². The van der Waals surface area contributed by atoms with Gasteiger partial charge in [-0.25, -0.2) is 12.8 Å². The second kappa shape index (κ2) is 6.04. The number of sulfonamides is 1. The SMILES string of the molecule is CC1(C)CN(S(=O)(=O)c2cc(Cl)cc(CN)c2F)CCS1. The number of nitrogens with two attached hydrogens (primary N) is 1. The summed E-state index contributed by atoms with van der Waals surface area (Å²) in [5.74, 6) is -0.129. The molecule has 2 N–H and O–H groups in total. The van der Waals surface area contributed by atoms with E-state index in [-0.39, 0.29) is 21.9 Å². The number of hydrogen-bond donors (Lipinski definition) is 1. The van der Waals surface area contributed by atoms with Gasteiger partial charge in [0.15, 0.2) is 0 Å². The Kier molecular flexibility index (Phi) is 4.90. The van der Waals surface area contributed by atoms with E-state index in [2.05, 4.69) is 0 Å². The van der Waals surface area contributed by atoms with E-state index in [1.807, 2.05) is 13.8 Å². The van der Waals surface area contributed by atoms with Crippen LogP contribution in [0.1, 0.15) is 19.4 Å². The summed E-state index contributed by atoms with van der Waals surface area (Å²) in [5.41, 5.74) is 5.55. The summed E-state index contributed by atoms with van der Waals surface area (Å²) in [5, 5.41) is 0.168. The molecule has 1 fully saturated rings. The highest BCUT2D eigenvalue weighted by Gasteiger charge is 2.36. The van der Waals surface area contributed by atoms with Crippen LogP contribution in [-0.2, 0) is 16.6 Å². The largest absolute Gasteiger partial charge is 0.326 e. The standard InChI is InChI=1S/C13H18ClFN2O2S2/c1-13(2)8-17(3-4-20-13)21(18,19)11-6-10(14)5-9(7-16)12(11)15/h5-6H,3-4,7-8,16H2,1-2H3. The number of halogens is 2. The van der Waals surface area contributed by atoms with Crippen LogP contribution in [0.25, 0.3) is 0 Å². The van der Waals surface area contributed by atoms with Gasteiger partial charge in [0.1, 0.15) is 10.7 Å². The molecule has 4 nitrogen and oxygen atoms in total. The minimum atomic E-state index is -3.91. The third kappa shape index (κ3) is 3.53. The molecule has 0 spiro atoms. The van der Waals surface area contributed by atoms with Crippen molar-refractivity contribution in [3.05, 3.63) is 28.5 Å². The van der Waals surface area contributed by atoms with Gasteiger partial charge in [0.05, 0.1) is 0 Å². The van der Waals surface area contributed by atoms with Crippen LogP contribution in [0, 0.1) is 5.82 Å². The molecule has 21 heavy (non-hydrogen) atoms. The van der Waals surface area contributed by atoms with Crippen LogP contribution >= 0.6 is 23.4 Å². The minimum Gasteiger partial charge on any atom is -0.326 e. The van der Waals surface area contributed by atoms with Gasteiger partial charge in [-0.05, 0) is 26.0 Å². The Morgan fingerprint density at radius 2 is 2.14 bits per heavy atom. The zero-order valence-corrected chi connectivity index (χ0v) is 14.3. The fraction of sp³-hybridized carbons (Fsp3) is 0.538. The predicted molar refractivity (Wildman–Crippen MR) is 84.6 cm³/mol. The molecule has 118 valence electrons. The van der Waals surface area contributed by atoms with Crippen molar-refractivity contribution in [1.29, 1.82) is 0 Å². The Hall–Kier alpha value is -0.340. The molecule has 0 saturated carbocycles. The first kappa shape index (κ1) is 17.0. The first-order chi connectivity index (χ1) is 9.67. The Bertz CT molecular complexity index is 650. The van der Waals surface area contributed by atoms with Gasteiger partial charge in [-0.1, -0.05) is 11.6 Å². The maximum absolute atomic E-state index is 14.3. The number of benzene rings is 1. The summed E-state index contributed by atoms with van der Waals surface area (Å²) >= 11 is 7.60. The molecule has 0 aliphatic carbocycles. The zero-order chi connectivity index (χ0) is 15.8. The summed E-state index contributed by atoms with van der Waals surface area (Å²) in [6, 6.07) is 2.51. The average molecular weight is 353 g/mol. The van der Waals surface area contributed by atoms with Gasteiger partial charge < -0.3 is 5.73 Å². The topological polar surface area (TPSA) is 63.4 Å². The van der Waals surface area contributed by atoms with Crippen molar-refractivity contribution in [1.82, 2.24) is 4.31 Å². The highest BCUT2D eigenvalue weighted by atomic mass is 35.5. The van der Waals surface area contributed by atoms with Crippen molar-refractivity contribution in [2.45, 2.75) is 30.0 Å². The van der Waals surface area contributed by atoms with Crippen LogP contribution in [0.4, 0.5) is 4.39 Å². The van der Waals surface area contributed by atoms with Crippen molar-refractivity contribution < 1.29 is 12.8 Å². The number of thioether (sulfide) groups is 1. The molecular formula is C13H18ClFN2O2S2. The van der Waals surface area contributed by atoms with Gasteiger partial charge in [0, 0.05) is 40.7 Å². The molecular weight excluding hydrogens is 335 g/mol. The smallest absolute Gasteiger partial charge is 0.246 e. The first-order valence-electron chi connectivity index (χ1n) is 6.49. The number of rotatable bonds is 3. The van der Waals surface area contributed by atoms with Crippen LogP contribution < -0.4 is 5.73 Å². The van der Waals surface area contributed by atoms with Gasteiger partial charge >= 0.3 is 0 Å². The molecule has 1 aliphatic heterocycles. The van der Waals surface area contributed by atoms with Gasteiger partial charge in [0.2, 0.25) is 10.0 Å². The van der Waals surface area contributed by atoms with E-state index < -0.39 is 20.7 Å². The summed E-state index contributed by atoms with van der Waals surface area (Å²) in [6.45, 7) is 4.54. The Balaban J connectivity index is 2.47. The van der Waals surface area contributed by atoms with Gasteiger partial charge in [-0.3, -0.25) is 0 Å². The Morgan fingerprint density at radius 3 is 2.71 bits per heavy atom. The molecule has 0 amide bonds. The summed E-state index contributed by atoms with van der Waals surface area (Å²) < 4.78 is 40.9. The van der Waals surface area contributed by atoms with Crippen LogP contribution in [0.5, 0.6) is 0 Å². The molecule has 1 saturated heterocycles. The van der Waals surface area contributed by atoms with Crippen LogP contribution in [-0.4, -0.2) is 36.3 Å². The van der Waals surface area contributed by atoms with E-state index in [9.17, 15) is 12.8 Å². The molecule has 0 unspecified atom stereocenters. The summed E-state index contributed by atoms with van der Waals surface area (Å²) in [6.07, 6.45) is 0. The van der Waals surface area contributed by atoms with E-state index >= 15 is 0 Å². The van der Waals surface area contributed by atoms with Crippen molar-refractivity contribution in [3.63, 3.8) is 0 Å². The quantitative estimate of drug-likeness (QED) is 0.907. The predicted octanol–water partition coefficient (Wildman–Crippen LogP) is 2.45. The summed E-state index contributed by atoms with van der Waals surface area (Å²) in [4.78, 5) is -0.391. The molecule has 8 heteroatoms. The molecule has 1 aromatic carbocycles. The molecule has 0 bridgehead atoms. The second-order valence-corrected chi connectivity index (χ2v) is 9.67. The van der Waals surface area contributed by atoms with Gasteiger partial charge in [-0.2, -0.15) is 16.1 Å². The fourth-order valence-electron chi connectivity index (χ4n) is 2.27. The minimum absolute atomic E-state index is 0.101. The van der Waals surface area contributed by atoms with Gasteiger partial charge in [-0.15, -0.1) is 0 Å². The van der Waals surface area contributed by atoms with E-state index in [1.54, 1.807) is 11.8 Å². The fourth-order valence-corrected chi connectivity index (χ4v) is 5.62. The highest BCUT2D eigenvalue weighted by Crippen LogP contribution is 2.34. The van der Waals surface area contributed by atoms with Crippen molar-refractivity contribution in [2.75, 3.05) is 18.8 Å².